The van der Waals surface area contributed by atoms with Crippen molar-refractivity contribution in [3.05, 3.63) is 35.4 Å². The largest absolute Gasteiger partial charge is 0.342 e. The van der Waals surface area contributed by atoms with E-state index in [-0.39, 0.29) is 5.91 Å². The highest BCUT2D eigenvalue weighted by Crippen LogP contribution is 2.30. The summed E-state index contributed by atoms with van der Waals surface area (Å²) in [5.74, 6) is 0.845. The molecule has 1 saturated heterocycles. The van der Waals surface area contributed by atoms with E-state index in [9.17, 15) is 4.79 Å². The maximum atomic E-state index is 13.0. The van der Waals surface area contributed by atoms with Crippen LogP contribution in [0.25, 0.3) is 0 Å². The summed E-state index contributed by atoms with van der Waals surface area (Å²) in [5.41, 5.74) is 1.89. The molecule has 0 aromatic heterocycles. The van der Waals surface area contributed by atoms with Gasteiger partial charge >= 0.3 is 0 Å². The first kappa shape index (κ1) is 16.0. The lowest BCUT2D eigenvalue weighted by atomic mass is 9.80. The molecule has 1 fully saturated rings. The number of benzene rings is 1. The van der Waals surface area contributed by atoms with Crippen LogP contribution in [-0.4, -0.2) is 37.5 Å². The van der Waals surface area contributed by atoms with Crippen molar-refractivity contribution in [1.29, 1.82) is 0 Å². The maximum Gasteiger partial charge on any atom is 0.232 e. The molecule has 1 atom stereocenters. The zero-order chi connectivity index (χ0) is 15.5. The Kier molecular flexibility index (Phi) is 5.04. The normalized spacial score (nSPS) is 19.6. The minimum Gasteiger partial charge on any atom is -0.342 e. The zero-order valence-corrected chi connectivity index (χ0v) is 13.8. The van der Waals surface area contributed by atoms with E-state index in [1.54, 1.807) is 0 Å². The van der Waals surface area contributed by atoms with Crippen LogP contribution in [0.2, 0.25) is 0 Å². The number of amides is 1. The minimum atomic E-state index is -0.452. The summed E-state index contributed by atoms with van der Waals surface area (Å²) in [6.45, 7) is 8.97. The number of carbonyl (C=O) groups is 1. The Balaban J connectivity index is 2.16. The standard InChI is InChI=1S/C18H28N2O/c1-14-8-5-6-10-16(14)18(2,3)17(21)20-11-7-9-15(13-20)12-19-4/h5-6,8,10,15,19H,7,9,11-13H2,1-4H3. The fraction of sp³-hybridized carbons (Fsp3) is 0.611. The van der Waals surface area contributed by atoms with Crippen molar-refractivity contribution in [1.82, 2.24) is 10.2 Å². The SMILES string of the molecule is CNCC1CCCN(C(=O)C(C)(C)c2ccccc2C)C1. The third-order valence-corrected chi connectivity index (χ3v) is 4.65. The monoisotopic (exact) mass is 288 g/mol. The highest BCUT2D eigenvalue weighted by molar-refractivity contribution is 5.87. The molecule has 1 aromatic carbocycles. The highest BCUT2D eigenvalue weighted by atomic mass is 16.2. The molecule has 0 bridgehead atoms. The first-order chi connectivity index (χ1) is 9.96. The van der Waals surface area contributed by atoms with Gasteiger partial charge in [0.1, 0.15) is 0 Å². The van der Waals surface area contributed by atoms with Gasteiger partial charge in [0.15, 0.2) is 0 Å². The van der Waals surface area contributed by atoms with E-state index in [2.05, 4.69) is 43.1 Å². The minimum absolute atomic E-state index is 0.262. The highest BCUT2D eigenvalue weighted by Gasteiger charge is 2.36. The summed E-state index contributed by atoms with van der Waals surface area (Å²) >= 11 is 0. The number of nitrogens with one attached hydrogen (secondary N) is 1. The lowest BCUT2D eigenvalue weighted by Crippen LogP contribution is -2.49. The fourth-order valence-electron chi connectivity index (χ4n) is 3.49. The van der Waals surface area contributed by atoms with Gasteiger partial charge in [-0.2, -0.15) is 0 Å². The fourth-order valence-corrected chi connectivity index (χ4v) is 3.49. The average Bonchev–Trinajstić information content (AvgIpc) is 2.47. The third kappa shape index (κ3) is 3.46. The summed E-state index contributed by atoms with van der Waals surface area (Å²) in [6, 6.07) is 8.23. The average molecular weight is 288 g/mol. The third-order valence-electron chi connectivity index (χ3n) is 4.65. The van der Waals surface area contributed by atoms with Crippen LogP contribution < -0.4 is 5.32 Å². The first-order valence-electron chi connectivity index (χ1n) is 7.97. The van der Waals surface area contributed by atoms with Gasteiger partial charge in [0, 0.05) is 13.1 Å². The predicted octanol–water partition coefficient (Wildman–Crippen LogP) is 2.73. The van der Waals surface area contributed by atoms with Crippen LogP contribution in [0.4, 0.5) is 0 Å². The number of hydrogen-bond acceptors (Lipinski definition) is 2. The number of hydrogen-bond donors (Lipinski definition) is 1. The number of piperidine rings is 1. The van der Waals surface area contributed by atoms with Gasteiger partial charge in [-0.15, -0.1) is 0 Å². The van der Waals surface area contributed by atoms with Gasteiger partial charge in [0.2, 0.25) is 5.91 Å². The second-order valence-electron chi connectivity index (χ2n) is 6.76. The van der Waals surface area contributed by atoms with E-state index in [1.165, 1.54) is 12.0 Å². The van der Waals surface area contributed by atoms with E-state index < -0.39 is 5.41 Å². The molecule has 0 radical (unpaired) electrons. The molecule has 1 heterocycles. The van der Waals surface area contributed by atoms with Crippen molar-refractivity contribution in [2.24, 2.45) is 5.92 Å². The van der Waals surface area contributed by atoms with E-state index >= 15 is 0 Å². The van der Waals surface area contributed by atoms with Crippen molar-refractivity contribution in [2.75, 3.05) is 26.7 Å². The number of likely N-dealkylation sites (tertiary alicyclic amines) is 1. The molecule has 2 rings (SSSR count). The Labute approximate surface area is 128 Å². The Morgan fingerprint density at radius 2 is 2.10 bits per heavy atom. The first-order valence-corrected chi connectivity index (χ1v) is 7.97. The summed E-state index contributed by atoms with van der Waals surface area (Å²) in [5, 5.41) is 3.24. The molecule has 1 unspecified atom stereocenters. The molecular weight excluding hydrogens is 260 g/mol. The maximum absolute atomic E-state index is 13.0. The van der Waals surface area contributed by atoms with Crippen LogP contribution in [0.3, 0.4) is 0 Å². The van der Waals surface area contributed by atoms with Gasteiger partial charge in [-0.25, -0.2) is 0 Å². The van der Waals surface area contributed by atoms with E-state index in [1.807, 2.05) is 19.2 Å². The molecule has 0 saturated carbocycles. The molecule has 0 spiro atoms. The molecule has 3 heteroatoms. The molecule has 21 heavy (non-hydrogen) atoms. The quantitative estimate of drug-likeness (QED) is 0.924. The molecule has 1 aliphatic rings. The van der Waals surface area contributed by atoms with Crippen LogP contribution in [-0.2, 0) is 10.2 Å². The molecular formula is C18H28N2O. The van der Waals surface area contributed by atoms with Crippen molar-refractivity contribution in [3.63, 3.8) is 0 Å². The Hall–Kier alpha value is -1.35. The van der Waals surface area contributed by atoms with Crippen LogP contribution in [0, 0.1) is 12.8 Å². The van der Waals surface area contributed by atoms with Gasteiger partial charge in [0.05, 0.1) is 5.41 Å². The predicted molar refractivity (Wildman–Crippen MR) is 87.4 cm³/mol. The summed E-state index contributed by atoms with van der Waals surface area (Å²) in [6.07, 6.45) is 2.33. The van der Waals surface area contributed by atoms with Gasteiger partial charge < -0.3 is 10.2 Å². The molecule has 1 aromatic rings. The van der Waals surface area contributed by atoms with Crippen molar-refractivity contribution in [3.8, 4) is 0 Å². The second-order valence-corrected chi connectivity index (χ2v) is 6.76. The summed E-state index contributed by atoms with van der Waals surface area (Å²) < 4.78 is 0. The summed E-state index contributed by atoms with van der Waals surface area (Å²) in [4.78, 5) is 15.1. The lowest BCUT2D eigenvalue weighted by Gasteiger charge is -2.38. The summed E-state index contributed by atoms with van der Waals surface area (Å²) in [7, 11) is 1.98. The number of aryl methyl sites for hydroxylation is 1. The van der Waals surface area contributed by atoms with E-state index in [0.29, 0.717) is 5.92 Å². The van der Waals surface area contributed by atoms with Crippen molar-refractivity contribution in [2.45, 2.75) is 39.0 Å². The van der Waals surface area contributed by atoms with E-state index in [4.69, 9.17) is 0 Å². The van der Waals surface area contributed by atoms with Gasteiger partial charge in [-0.1, -0.05) is 24.3 Å². The molecule has 0 aliphatic carbocycles. The molecule has 3 nitrogen and oxygen atoms in total. The van der Waals surface area contributed by atoms with Crippen LogP contribution in [0.1, 0.15) is 37.8 Å². The molecule has 1 aliphatic heterocycles. The number of nitrogens with zero attached hydrogens (tertiary/aromatic N) is 1. The number of rotatable bonds is 4. The van der Waals surface area contributed by atoms with Gasteiger partial charge in [0.25, 0.3) is 0 Å². The zero-order valence-electron chi connectivity index (χ0n) is 13.8. The number of carbonyl (C=O) groups excluding carboxylic acids is 1. The topological polar surface area (TPSA) is 32.3 Å². The lowest BCUT2D eigenvalue weighted by molar-refractivity contribution is -0.138. The van der Waals surface area contributed by atoms with Crippen LogP contribution >= 0.6 is 0 Å². The van der Waals surface area contributed by atoms with E-state index in [0.717, 1.165) is 31.6 Å². The molecule has 1 N–H and O–H groups in total. The van der Waals surface area contributed by atoms with Gasteiger partial charge in [-0.3, -0.25) is 4.79 Å². The van der Waals surface area contributed by atoms with Crippen molar-refractivity contribution < 1.29 is 4.79 Å². The Morgan fingerprint density at radius 1 is 1.38 bits per heavy atom. The Bertz CT molecular complexity index is 494. The molecule has 116 valence electrons. The smallest absolute Gasteiger partial charge is 0.232 e. The second kappa shape index (κ2) is 6.61. The van der Waals surface area contributed by atoms with Crippen molar-refractivity contribution >= 4 is 5.91 Å². The van der Waals surface area contributed by atoms with Gasteiger partial charge in [-0.05, 0) is 64.3 Å². The van der Waals surface area contributed by atoms with Crippen LogP contribution in [0.15, 0.2) is 24.3 Å². The van der Waals surface area contributed by atoms with Crippen LogP contribution in [0.5, 0.6) is 0 Å². The molecule has 1 amide bonds. The Morgan fingerprint density at radius 3 is 2.76 bits per heavy atom.